The molecule has 1 fully saturated rings. The first-order chi connectivity index (χ1) is 21.0. The maximum Gasteiger partial charge on any atom is 0.314 e. The summed E-state index contributed by atoms with van der Waals surface area (Å²) in [7, 11) is -1.95. The van der Waals surface area contributed by atoms with Gasteiger partial charge in [0, 0.05) is 48.4 Å². The van der Waals surface area contributed by atoms with Crippen LogP contribution in [0.3, 0.4) is 0 Å². The Kier molecular flexibility index (Phi) is 7.75. The predicted molar refractivity (Wildman–Crippen MR) is 165 cm³/mol. The van der Waals surface area contributed by atoms with Gasteiger partial charge in [-0.2, -0.15) is 4.57 Å². The first kappa shape index (κ1) is 29.6. The van der Waals surface area contributed by atoms with Gasteiger partial charge in [0.05, 0.1) is 23.2 Å². The third-order valence-corrected chi connectivity index (χ3v) is 10.7. The number of esters is 1. The molecule has 1 amide bonds. The van der Waals surface area contributed by atoms with Gasteiger partial charge in [-0.05, 0) is 66.1 Å². The maximum absolute atomic E-state index is 14.2. The van der Waals surface area contributed by atoms with Crippen LogP contribution in [0, 0.1) is 6.92 Å². The van der Waals surface area contributed by atoms with Crippen molar-refractivity contribution in [3.63, 3.8) is 0 Å². The van der Waals surface area contributed by atoms with Crippen molar-refractivity contribution in [3.05, 3.63) is 99.7 Å². The normalized spacial score (nSPS) is 19.7. The summed E-state index contributed by atoms with van der Waals surface area (Å²) in [5, 5.41) is 4.14. The molecule has 11 heteroatoms. The molecule has 44 heavy (non-hydrogen) atoms. The Morgan fingerprint density at radius 3 is 2.59 bits per heavy atom. The maximum atomic E-state index is 14.2. The van der Waals surface area contributed by atoms with E-state index in [4.69, 9.17) is 4.74 Å². The van der Waals surface area contributed by atoms with E-state index in [1.165, 1.54) is 4.90 Å². The second-order valence-electron chi connectivity index (χ2n) is 11.8. The van der Waals surface area contributed by atoms with Crippen molar-refractivity contribution < 1.29 is 27.3 Å². The molecule has 2 aliphatic heterocycles. The third kappa shape index (κ3) is 5.84. The number of hydrogen-bond donors (Lipinski definition) is 2. The van der Waals surface area contributed by atoms with Gasteiger partial charge in [0.1, 0.15) is 0 Å². The van der Waals surface area contributed by atoms with E-state index in [0.717, 1.165) is 16.5 Å². The van der Waals surface area contributed by atoms with E-state index in [1.807, 2.05) is 44.3 Å². The molecule has 3 aliphatic rings. The fourth-order valence-corrected chi connectivity index (χ4v) is 7.68. The molecule has 0 radical (unpaired) electrons. The van der Waals surface area contributed by atoms with Crippen LogP contribution in [0.25, 0.3) is 10.8 Å². The average molecular weight is 616 g/mol. The minimum atomic E-state index is -3.58. The second-order valence-corrected chi connectivity index (χ2v) is 14.0. The summed E-state index contributed by atoms with van der Waals surface area (Å²) < 4.78 is 34.1. The molecular formula is C33H35N4O6S+. The van der Waals surface area contributed by atoms with Crippen LogP contribution in [0.15, 0.2) is 76.8 Å². The fourth-order valence-electron chi connectivity index (χ4n) is 5.82. The summed E-state index contributed by atoms with van der Waals surface area (Å²) in [6.45, 7) is 4.10. The van der Waals surface area contributed by atoms with Crippen molar-refractivity contribution in [1.82, 2.24) is 9.88 Å². The molecule has 4 heterocycles. The van der Waals surface area contributed by atoms with Gasteiger partial charge in [-0.1, -0.05) is 25.1 Å². The SMILES string of the molecule is Cc1c[n+]2ccc1[C@@H](C)COC(=O)Cc1ccc(S(=O)(=O)C3CC3)c(c1)CN(C)C(=O)[C@@H]2Nc1ccc2cc[nH]c(=O)c2c1. The zero-order valence-electron chi connectivity index (χ0n) is 24.9. The molecule has 2 N–H and O–H groups in total. The number of ether oxygens (including phenoxy) is 1. The summed E-state index contributed by atoms with van der Waals surface area (Å²) in [6.07, 6.45) is 5.53. The smallest absolute Gasteiger partial charge is 0.314 e. The number of benzene rings is 2. The monoisotopic (exact) mass is 615 g/mol. The van der Waals surface area contributed by atoms with Gasteiger partial charge in [0.2, 0.25) is 0 Å². The molecular weight excluding hydrogens is 580 g/mol. The van der Waals surface area contributed by atoms with Gasteiger partial charge in [-0.15, -0.1) is 0 Å². The number of aromatic nitrogens is 2. The van der Waals surface area contributed by atoms with Crippen LogP contribution < -0.4 is 15.4 Å². The number of aryl methyl sites for hydroxylation is 1. The highest BCUT2D eigenvalue weighted by Crippen LogP contribution is 2.36. The van der Waals surface area contributed by atoms with Crippen molar-refractivity contribution in [3.8, 4) is 0 Å². The zero-order chi connectivity index (χ0) is 31.2. The van der Waals surface area contributed by atoms with Crippen molar-refractivity contribution in [2.45, 2.75) is 61.9 Å². The van der Waals surface area contributed by atoms with E-state index >= 15 is 0 Å². The Hall–Kier alpha value is -4.51. The molecule has 0 saturated heterocycles. The van der Waals surface area contributed by atoms with Gasteiger partial charge in [0.25, 0.3) is 5.56 Å². The number of nitrogens with one attached hydrogen (secondary N) is 2. The summed E-state index contributed by atoms with van der Waals surface area (Å²) in [5.41, 5.74) is 3.29. The van der Waals surface area contributed by atoms with Crippen molar-refractivity contribution in [2.24, 2.45) is 0 Å². The quantitative estimate of drug-likeness (QED) is 0.265. The summed E-state index contributed by atoms with van der Waals surface area (Å²) >= 11 is 0. The van der Waals surface area contributed by atoms with Crippen LogP contribution in [0.5, 0.6) is 0 Å². The first-order valence-electron chi connectivity index (χ1n) is 14.7. The lowest BCUT2D eigenvalue weighted by Crippen LogP contribution is -2.52. The molecule has 7 rings (SSSR count). The Labute approximate surface area is 255 Å². The summed E-state index contributed by atoms with van der Waals surface area (Å²) in [5.74, 6) is -0.816. The lowest BCUT2D eigenvalue weighted by molar-refractivity contribution is -0.704. The van der Waals surface area contributed by atoms with Gasteiger partial charge < -0.3 is 19.9 Å². The molecule has 1 aliphatic carbocycles. The molecule has 2 aromatic carbocycles. The Balaban J connectivity index is 1.44. The molecule has 0 unspecified atom stereocenters. The first-order valence-corrected chi connectivity index (χ1v) is 16.2. The number of anilines is 1. The van der Waals surface area contributed by atoms with Crippen molar-refractivity contribution in [2.75, 3.05) is 19.0 Å². The number of pyridine rings is 2. The molecule has 0 spiro atoms. The topological polar surface area (TPSA) is 130 Å². The minimum absolute atomic E-state index is 0.00718. The zero-order valence-corrected chi connectivity index (χ0v) is 25.7. The Morgan fingerprint density at radius 1 is 1.05 bits per heavy atom. The number of sulfone groups is 1. The average Bonchev–Trinajstić information content (AvgIpc) is 3.85. The van der Waals surface area contributed by atoms with Gasteiger partial charge in [-0.3, -0.25) is 14.4 Å². The molecule has 228 valence electrons. The molecule has 1 saturated carbocycles. The summed E-state index contributed by atoms with van der Waals surface area (Å²) in [4.78, 5) is 43.9. The van der Waals surface area contributed by atoms with Crippen LogP contribution in [0.1, 0.15) is 54.1 Å². The number of hydrogen-bond acceptors (Lipinski definition) is 7. The number of nitrogens with zero attached hydrogens (tertiary/aromatic N) is 2. The molecule has 10 nitrogen and oxygen atoms in total. The van der Waals surface area contributed by atoms with Crippen LogP contribution in [0.2, 0.25) is 0 Å². The van der Waals surface area contributed by atoms with Crippen LogP contribution in [-0.4, -0.2) is 49.1 Å². The highest BCUT2D eigenvalue weighted by Gasteiger charge is 2.39. The number of H-pyrrole nitrogens is 1. The standard InChI is InChI=1S/C33H34N4O6S/c1-20-17-37-13-11-27(20)21(2)19-43-30(38)15-22-4-9-29(44(41,42)26-7-8-26)24(14-22)18-36(3)33(40)31(37)35-25-6-5-23-10-12-34-32(39)28(23)16-25/h4-6,9-14,16-17,21,26,31,35H,7-8,15,18-19H2,1-3H3/p+1/t21-,31+/m0/s1. The van der Waals surface area contributed by atoms with Crippen molar-refractivity contribution in [1.29, 1.82) is 0 Å². The largest absolute Gasteiger partial charge is 0.465 e. The summed E-state index contributed by atoms with van der Waals surface area (Å²) in [6, 6.07) is 14.0. The molecule has 4 bridgehead atoms. The van der Waals surface area contributed by atoms with Crippen LogP contribution in [0.4, 0.5) is 5.69 Å². The van der Waals surface area contributed by atoms with E-state index in [1.54, 1.807) is 48.3 Å². The number of carbonyl (C=O) groups is 2. The number of likely N-dealkylation sites (N-methyl/N-ethyl adjacent to an activating group) is 1. The highest BCUT2D eigenvalue weighted by atomic mass is 32.2. The Bertz CT molecular complexity index is 1950. The Morgan fingerprint density at radius 2 is 1.84 bits per heavy atom. The lowest BCUT2D eigenvalue weighted by Gasteiger charge is -2.24. The minimum Gasteiger partial charge on any atom is -0.465 e. The van der Waals surface area contributed by atoms with E-state index in [9.17, 15) is 22.8 Å². The number of rotatable bonds is 4. The van der Waals surface area contributed by atoms with Crippen LogP contribution in [-0.2, 0) is 37.1 Å². The van der Waals surface area contributed by atoms with E-state index in [0.29, 0.717) is 35.0 Å². The third-order valence-electron chi connectivity index (χ3n) is 8.39. The second kappa shape index (κ2) is 11.5. The van der Waals surface area contributed by atoms with E-state index < -0.39 is 27.2 Å². The molecule has 2 aromatic heterocycles. The molecule has 4 aromatic rings. The van der Waals surface area contributed by atoms with E-state index in [-0.39, 0.29) is 41.9 Å². The van der Waals surface area contributed by atoms with Gasteiger partial charge in [0.15, 0.2) is 22.2 Å². The lowest BCUT2D eigenvalue weighted by atomic mass is 9.99. The number of aromatic amines is 1. The van der Waals surface area contributed by atoms with Gasteiger partial charge in [-0.25, -0.2) is 8.42 Å². The van der Waals surface area contributed by atoms with Crippen molar-refractivity contribution >= 4 is 38.2 Å². The van der Waals surface area contributed by atoms with Crippen LogP contribution >= 0.6 is 0 Å². The van der Waals surface area contributed by atoms with E-state index in [2.05, 4.69) is 10.3 Å². The highest BCUT2D eigenvalue weighted by molar-refractivity contribution is 7.92. The molecule has 2 atom stereocenters. The number of carbonyl (C=O) groups excluding carboxylic acids is 2. The fraction of sp³-hybridized carbons (Fsp3) is 0.333. The number of amides is 1. The predicted octanol–water partition coefficient (Wildman–Crippen LogP) is 3.53. The number of fused-ring (bicyclic) bond motifs is 10. The van der Waals surface area contributed by atoms with Gasteiger partial charge >= 0.3 is 18.0 Å².